The third-order valence-electron chi connectivity index (χ3n) is 7.64. The van der Waals surface area contributed by atoms with Crippen LogP contribution in [0, 0.1) is 11.3 Å². The summed E-state index contributed by atoms with van der Waals surface area (Å²) in [4.78, 5) is 14.7. The number of rotatable bonds is 10. The number of aromatic nitrogens is 2. The maximum absolute atomic E-state index is 9.30. The van der Waals surface area contributed by atoms with Gasteiger partial charge in [0.15, 0.2) is 0 Å². The van der Waals surface area contributed by atoms with Crippen LogP contribution >= 0.6 is 11.6 Å². The van der Waals surface area contributed by atoms with Gasteiger partial charge in [-0.25, -0.2) is 0 Å². The molecule has 1 N–H and O–H groups in total. The summed E-state index contributed by atoms with van der Waals surface area (Å²) in [5, 5.41) is 15.8. The van der Waals surface area contributed by atoms with E-state index in [0.29, 0.717) is 24.9 Å². The van der Waals surface area contributed by atoms with Gasteiger partial charge in [0.1, 0.15) is 17.8 Å². The Morgan fingerprint density at radius 3 is 2.88 bits per heavy atom. The topological polar surface area (TPSA) is 80.5 Å². The fraction of sp³-hybridized carbons (Fsp3) is 0.500. The fourth-order valence-electron chi connectivity index (χ4n) is 5.57. The summed E-state index contributed by atoms with van der Waals surface area (Å²) in [7, 11) is 2.12. The number of benzene rings is 2. The molecule has 2 aliphatic heterocycles. The molecule has 10 heteroatoms. The first-order chi connectivity index (χ1) is 19.6. The molecule has 212 valence electrons. The molecule has 5 rings (SSSR count). The first-order valence-corrected chi connectivity index (χ1v) is 15.7. The Bertz CT molecular complexity index is 1340. The zero-order valence-corrected chi connectivity index (χ0v) is 25.1. The van der Waals surface area contributed by atoms with Gasteiger partial charge in [0.05, 0.1) is 29.8 Å². The van der Waals surface area contributed by atoms with E-state index in [0.717, 1.165) is 90.5 Å². The van der Waals surface area contributed by atoms with Crippen molar-refractivity contribution in [2.24, 2.45) is 0 Å². The molecule has 1 aromatic heterocycles. The summed E-state index contributed by atoms with van der Waals surface area (Å²) in [5.41, 5.74) is 3.33. The largest absolute Gasteiger partial charge is 0.414 e. The maximum Gasteiger partial charge on any atom is 0.322 e. The molecule has 0 amide bonds. The molecule has 0 unspecified atom stereocenters. The standard InChI is InChI=1S/C30H38ClN7OS/c1-3-4-16-36(2)40-21-39-30-34-26-20-37(27-12-6-9-22-8-5-11-25(31)28(22)27)17-7-10-24(26)29(35-30)38-18-15-33-23(19-38)13-14-32/h5-6,8-9,11-12,23,33H,3-4,7,10,13,15-21H2,1-2H3/p+1/t23-/m0/s1. The summed E-state index contributed by atoms with van der Waals surface area (Å²) in [6, 6.07) is 15.3. The second-order valence-corrected chi connectivity index (χ2v) is 12.1. The highest BCUT2D eigenvalue weighted by atomic mass is 35.5. The van der Waals surface area contributed by atoms with Crippen LogP contribution in [0.1, 0.15) is 43.9 Å². The van der Waals surface area contributed by atoms with E-state index in [1.807, 2.05) is 12.1 Å². The minimum atomic E-state index is 0.125. The summed E-state index contributed by atoms with van der Waals surface area (Å²) < 4.78 is 8.46. The molecular formula is C30H39ClN7OS+. The summed E-state index contributed by atoms with van der Waals surface area (Å²) in [6.45, 7) is 7.22. The van der Waals surface area contributed by atoms with Crippen LogP contribution in [0.3, 0.4) is 0 Å². The smallest absolute Gasteiger partial charge is 0.322 e. The predicted octanol–water partition coefficient (Wildman–Crippen LogP) is 4.73. The molecule has 0 aliphatic carbocycles. The molecule has 1 fully saturated rings. The van der Waals surface area contributed by atoms with Crippen molar-refractivity contribution < 1.29 is 4.74 Å². The average molecular weight is 581 g/mol. The van der Waals surface area contributed by atoms with Crippen molar-refractivity contribution >= 4 is 45.8 Å². The molecule has 40 heavy (non-hydrogen) atoms. The van der Waals surface area contributed by atoms with Gasteiger partial charge >= 0.3 is 6.01 Å². The number of nitrogens with zero attached hydrogens (tertiary/aromatic N) is 6. The van der Waals surface area contributed by atoms with Gasteiger partial charge in [-0.05, 0) is 36.8 Å². The Morgan fingerprint density at radius 2 is 2.05 bits per heavy atom. The van der Waals surface area contributed by atoms with Crippen LogP contribution in [0.2, 0.25) is 5.02 Å². The van der Waals surface area contributed by atoms with Crippen molar-refractivity contribution in [1.82, 2.24) is 19.6 Å². The molecule has 0 radical (unpaired) electrons. The van der Waals surface area contributed by atoms with E-state index in [4.69, 9.17) is 26.3 Å². The van der Waals surface area contributed by atoms with Crippen LogP contribution in [0.15, 0.2) is 36.4 Å². The molecule has 8 nitrogen and oxygen atoms in total. The molecule has 0 spiro atoms. The van der Waals surface area contributed by atoms with E-state index in [1.54, 1.807) is 0 Å². The number of fused-ring (bicyclic) bond motifs is 2. The second-order valence-electron chi connectivity index (χ2n) is 10.5. The van der Waals surface area contributed by atoms with Gasteiger partial charge in [-0.3, -0.25) is 0 Å². The van der Waals surface area contributed by atoms with Crippen LogP contribution in [0.25, 0.3) is 10.8 Å². The van der Waals surface area contributed by atoms with E-state index >= 15 is 0 Å². The van der Waals surface area contributed by atoms with Gasteiger partial charge in [0.25, 0.3) is 5.94 Å². The third kappa shape index (κ3) is 6.74. The Balaban J connectivity index is 1.46. The number of ether oxygens (including phenoxy) is 1. The molecular weight excluding hydrogens is 542 g/mol. The van der Waals surface area contributed by atoms with Crippen LogP contribution in [-0.4, -0.2) is 66.0 Å². The summed E-state index contributed by atoms with van der Waals surface area (Å²) >= 11 is 7.82. The number of anilines is 2. The Morgan fingerprint density at radius 1 is 1.20 bits per heavy atom. The van der Waals surface area contributed by atoms with Crippen molar-refractivity contribution in [3.8, 4) is 12.1 Å². The van der Waals surface area contributed by atoms with E-state index < -0.39 is 0 Å². The van der Waals surface area contributed by atoms with Crippen molar-refractivity contribution in [2.75, 3.05) is 55.5 Å². The van der Waals surface area contributed by atoms with E-state index in [2.05, 4.69) is 63.7 Å². The lowest BCUT2D eigenvalue weighted by molar-refractivity contribution is 0.350. The predicted molar refractivity (Wildman–Crippen MR) is 166 cm³/mol. The lowest BCUT2D eigenvalue weighted by Gasteiger charge is -2.35. The van der Waals surface area contributed by atoms with Gasteiger partial charge in [-0.15, -0.1) is 4.31 Å². The van der Waals surface area contributed by atoms with Crippen LogP contribution in [0.4, 0.5) is 11.5 Å². The highest BCUT2D eigenvalue weighted by Gasteiger charge is 2.28. The number of nitrogens with one attached hydrogen (secondary N) is 1. The first kappa shape index (κ1) is 28.7. The monoisotopic (exact) mass is 580 g/mol. The van der Waals surface area contributed by atoms with Gasteiger partial charge < -0.3 is 19.9 Å². The van der Waals surface area contributed by atoms with Crippen molar-refractivity contribution in [1.29, 1.82) is 5.26 Å². The summed E-state index contributed by atoms with van der Waals surface area (Å²) in [6.07, 6.45) is 4.70. The Labute approximate surface area is 246 Å². The fourth-order valence-corrected chi connectivity index (χ4v) is 6.50. The number of hydrogen-bond donors (Lipinski definition) is 1. The molecule has 0 bridgehead atoms. The highest BCUT2D eigenvalue weighted by Crippen LogP contribution is 2.36. The van der Waals surface area contributed by atoms with Gasteiger partial charge in [0.2, 0.25) is 0 Å². The Kier molecular flexibility index (Phi) is 9.87. The number of halogens is 1. The number of thiol groups is 1. The lowest BCUT2D eigenvalue weighted by Crippen LogP contribution is -2.51. The lowest BCUT2D eigenvalue weighted by atomic mass is 10.1. The highest BCUT2D eigenvalue weighted by molar-refractivity contribution is 7.75. The van der Waals surface area contributed by atoms with Crippen molar-refractivity contribution in [3.63, 3.8) is 0 Å². The maximum atomic E-state index is 9.30. The van der Waals surface area contributed by atoms with E-state index in [1.165, 1.54) is 18.4 Å². The number of hydrogen-bond acceptors (Lipinski definition) is 8. The zero-order chi connectivity index (χ0) is 27.9. The van der Waals surface area contributed by atoms with Crippen LogP contribution in [0.5, 0.6) is 6.01 Å². The molecule has 1 atom stereocenters. The minimum absolute atomic E-state index is 0.125. The number of unbranched alkanes of at least 4 members (excludes halogenated alkanes) is 1. The van der Waals surface area contributed by atoms with Crippen molar-refractivity contribution in [2.45, 2.75) is 51.6 Å². The molecule has 1 saturated heterocycles. The number of piperazine rings is 1. The SMILES string of the molecule is CCCCN(C)[SH+]COc1nc2c(c(N3CCN[C@@H](CC#N)C3)n1)CCCN(c1cccc3cccc(Cl)c13)C2. The first-order valence-electron chi connectivity index (χ1n) is 14.3. The van der Waals surface area contributed by atoms with E-state index in [9.17, 15) is 5.26 Å². The van der Waals surface area contributed by atoms with Gasteiger partial charge in [-0.2, -0.15) is 15.2 Å². The average Bonchev–Trinajstić information content (AvgIpc) is 3.18. The zero-order valence-electron chi connectivity index (χ0n) is 23.4. The van der Waals surface area contributed by atoms with Crippen LogP contribution < -0.4 is 19.9 Å². The molecule has 3 aromatic rings. The molecule has 2 aliphatic rings. The second kappa shape index (κ2) is 13.7. The van der Waals surface area contributed by atoms with Crippen molar-refractivity contribution in [3.05, 3.63) is 52.7 Å². The van der Waals surface area contributed by atoms with Crippen LogP contribution in [-0.2, 0) is 24.9 Å². The van der Waals surface area contributed by atoms with Gasteiger partial charge in [-0.1, -0.05) is 49.2 Å². The molecule has 0 saturated carbocycles. The third-order valence-corrected chi connectivity index (χ3v) is 8.88. The molecule has 2 aromatic carbocycles. The Hall–Kier alpha value is -2.77. The molecule has 3 heterocycles. The number of nitriles is 1. The van der Waals surface area contributed by atoms with E-state index in [-0.39, 0.29) is 6.04 Å². The minimum Gasteiger partial charge on any atom is -0.414 e. The van der Waals surface area contributed by atoms with Gasteiger partial charge in [0, 0.05) is 62.5 Å². The summed E-state index contributed by atoms with van der Waals surface area (Å²) in [5.74, 6) is 1.47. The normalized spacial score (nSPS) is 17.5. The quantitative estimate of drug-likeness (QED) is 0.272.